The number of likely N-dealkylation sites (N-methyl/N-ethyl adjacent to an activating group) is 1. The fourth-order valence-electron chi connectivity index (χ4n) is 2.25. The molecular formula is C16H25FN4O2. The fraction of sp³-hybridized carbons (Fsp3) is 0.562. The molecule has 1 heterocycles. The number of nitro groups is 1. The molecule has 0 spiro atoms. The molecule has 0 atom stereocenters. The van der Waals surface area contributed by atoms with Gasteiger partial charge in [-0.05, 0) is 27.3 Å². The van der Waals surface area contributed by atoms with Gasteiger partial charge in [-0.25, -0.2) is 4.98 Å². The fourth-order valence-corrected chi connectivity index (χ4v) is 2.25. The van der Waals surface area contributed by atoms with Crippen LogP contribution in [0.15, 0.2) is 11.6 Å². The van der Waals surface area contributed by atoms with Gasteiger partial charge in [0.2, 0.25) is 5.82 Å². The zero-order chi connectivity index (χ0) is 17.4. The van der Waals surface area contributed by atoms with Gasteiger partial charge in [0.25, 0.3) is 0 Å². The zero-order valence-electron chi connectivity index (χ0n) is 14.2. The van der Waals surface area contributed by atoms with Gasteiger partial charge in [0.05, 0.1) is 17.3 Å². The molecule has 0 radical (unpaired) electrons. The monoisotopic (exact) mass is 324 g/mol. The molecule has 0 aliphatic carbocycles. The number of pyridine rings is 1. The van der Waals surface area contributed by atoms with Gasteiger partial charge in [-0.3, -0.25) is 14.5 Å². The summed E-state index contributed by atoms with van der Waals surface area (Å²) in [5, 5.41) is 14.0. The number of allylic oxidation sites excluding steroid dienone is 1. The maximum atomic E-state index is 12.2. The summed E-state index contributed by atoms with van der Waals surface area (Å²) in [4.78, 5) is 17.2. The second-order valence-corrected chi connectivity index (χ2v) is 5.72. The first-order valence-electron chi connectivity index (χ1n) is 7.64. The van der Waals surface area contributed by atoms with E-state index in [-0.39, 0.29) is 18.2 Å². The van der Waals surface area contributed by atoms with E-state index >= 15 is 0 Å². The average Bonchev–Trinajstić information content (AvgIpc) is 2.50. The van der Waals surface area contributed by atoms with Crippen LogP contribution in [-0.4, -0.2) is 48.7 Å². The van der Waals surface area contributed by atoms with E-state index in [0.29, 0.717) is 19.4 Å². The summed E-state index contributed by atoms with van der Waals surface area (Å²) in [6, 6.07) is 1.56. The standard InChI is InChI=1S/C16H25FN4O2/c1-12(2)10-13-11-15(21(22)23)16(18-3)19-14(13)6-9-20(4)8-5-7-17/h10-11H,5-9H2,1-4H3,(H,18,19). The van der Waals surface area contributed by atoms with Gasteiger partial charge in [0.1, 0.15) is 0 Å². The Morgan fingerprint density at radius 1 is 1.48 bits per heavy atom. The number of nitrogens with one attached hydrogen (secondary N) is 1. The molecule has 128 valence electrons. The van der Waals surface area contributed by atoms with Crippen LogP contribution in [0.25, 0.3) is 6.08 Å². The highest BCUT2D eigenvalue weighted by molar-refractivity contribution is 5.65. The molecule has 1 aromatic rings. The number of hydrogen-bond acceptors (Lipinski definition) is 5. The molecule has 1 aromatic heterocycles. The highest BCUT2D eigenvalue weighted by Crippen LogP contribution is 2.26. The number of rotatable bonds is 9. The van der Waals surface area contributed by atoms with E-state index < -0.39 is 4.92 Å². The van der Waals surface area contributed by atoms with E-state index in [1.54, 1.807) is 13.1 Å². The molecule has 0 saturated carbocycles. The number of hydrogen-bond donors (Lipinski definition) is 1. The third-order valence-corrected chi connectivity index (χ3v) is 3.40. The SMILES string of the molecule is CNc1nc(CCN(C)CCCF)c(C=C(C)C)cc1[N+](=O)[O-]. The van der Waals surface area contributed by atoms with Gasteiger partial charge in [-0.1, -0.05) is 11.6 Å². The van der Waals surface area contributed by atoms with Crippen LogP contribution in [0.2, 0.25) is 0 Å². The first-order valence-corrected chi connectivity index (χ1v) is 7.64. The van der Waals surface area contributed by atoms with Gasteiger partial charge in [0, 0.05) is 38.2 Å². The largest absolute Gasteiger partial charge is 0.367 e. The minimum absolute atomic E-state index is 0.0328. The van der Waals surface area contributed by atoms with Crippen LogP contribution < -0.4 is 5.32 Å². The third kappa shape index (κ3) is 5.94. The van der Waals surface area contributed by atoms with Crippen molar-refractivity contribution in [1.82, 2.24) is 9.88 Å². The number of nitrogens with zero attached hydrogens (tertiary/aromatic N) is 3. The van der Waals surface area contributed by atoms with E-state index in [1.165, 1.54) is 0 Å². The number of anilines is 1. The molecule has 0 fully saturated rings. The van der Waals surface area contributed by atoms with Gasteiger partial charge >= 0.3 is 5.69 Å². The lowest BCUT2D eigenvalue weighted by Crippen LogP contribution is -2.23. The van der Waals surface area contributed by atoms with E-state index in [0.717, 1.165) is 23.4 Å². The predicted octanol–water partition coefficient (Wildman–Crippen LogP) is 3.29. The summed E-state index contributed by atoms with van der Waals surface area (Å²) in [6.45, 7) is 4.95. The first-order chi connectivity index (χ1) is 10.9. The smallest absolute Gasteiger partial charge is 0.311 e. The van der Waals surface area contributed by atoms with Crippen LogP contribution in [-0.2, 0) is 6.42 Å². The van der Waals surface area contributed by atoms with Crippen LogP contribution in [0.3, 0.4) is 0 Å². The van der Waals surface area contributed by atoms with Gasteiger partial charge in [0.15, 0.2) is 0 Å². The van der Waals surface area contributed by atoms with E-state index in [2.05, 4.69) is 10.3 Å². The van der Waals surface area contributed by atoms with Crippen LogP contribution in [0, 0.1) is 10.1 Å². The van der Waals surface area contributed by atoms with Crippen LogP contribution in [0.4, 0.5) is 15.9 Å². The quantitative estimate of drug-likeness (QED) is 0.557. The van der Waals surface area contributed by atoms with Crippen molar-refractivity contribution in [2.45, 2.75) is 26.7 Å². The lowest BCUT2D eigenvalue weighted by Gasteiger charge is -2.16. The molecular weight excluding hydrogens is 299 g/mol. The normalized spacial score (nSPS) is 10.7. The molecule has 0 bridgehead atoms. The topological polar surface area (TPSA) is 71.3 Å². The number of halogens is 1. The lowest BCUT2D eigenvalue weighted by molar-refractivity contribution is -0.384. The van der Waals surface area contributed by atoms with Crippen molar-refractivity contribution in [1.29, 1.82) is 0 Å². The van der Waals surface area contributed by atoms with Crippen molar-refractivity contribution in [2.75, 3.05) is 39.2 Å². The molecule has 0 aliphatic rings. The predicted molar refractivity (Wildman–Crippen MR) is 91.6 cm³/mol. The van der Waals surface area contributed by atoms with Gasteiger partial charge in [-0.2, -0.15) is 0 Å². The summed E-state index contributed by atoms with van der Waals surface area (Å²) in [5.41, 5.74) is 2.57. The molecule has 1 N–H and O–H groups in total. The van der Waals surface area contributed by atoms with Crippen LogP contribution >= 0.6 is 0 Å². The maximum absolute atomic E-state index is 12.2. The molecule has 6 nitrogen and oxygen atoms in total. The Bertz CT molecular complexity index is 571. The summed E-state index contributed by atoms with van der Waals surface area (Å²) >= 11 is 0. The number of alkyl halides is 1. The summed E-state index contributed by atoms with van der Waals surface area (Å²) in [5.74, 6) is 0.266. The third-order valence-electron chi connectivity index (χ3n) is 3.40. The highest BCUT2D eigenvalue weighted by Gasteiger charge is 2.18. The Morgan fingerprint density at radius 2 is 2.17 bits per heavy atom. The molecule has 23 heavy (non-hydrogen) atoms. The molecule has 1 rings (SSSR count). The molecule has 0 aromatic carbocycles. The van der Waals surface area contributed by atoms with Crippen molar-refractivity contribution in [3.8, 4) is 0 Å². The van der Waals surface area contributed by atoms with Crippen molar-refractivity contribution < 1.29 is 9.31 Å². The zero-order valence-corrected chi connectivity index (χ0v) is 14.2. The average molecular weight is 324 g/mol. The minimum Gasteiger partial charge on any atom is -0.367 e. The molecule has 0 saturated heterocycles. The highest BCUT2D eigenvalue weighted by atomic mass is 19.1. The summed E-state index contributed by atoms with van der Waals surface area (Å²) < 4.78 is 12.2. The summed E-state index contributed by atoms with van der Waals surface area (Å²) in [6.07, 6.45) is 3.05. The molecule has 7 heteroatoms. The van der Waals surface area contributed by atoms with Gasteiger partial charge in [-0.15, -0.1) is 0 Å². The second kappa shape index (κ2) is 9.19. The Labute approximate surface area is 136 Å². The van der Waals surface area contributed by atoms with Crippen LogP contribution in [0.5, 0.6) is 0 Å². The van der Waals surface area contributed by atoms with Crippen LogP contribution in [0.1, 0.15) is 31.5 Å². The summed E-state index contributed by atoms with van der Waals surface area (Å²) in [7, 11) is 3.55. The van der Waals surface area contributed by atoms with E-state index in [4.69, 9.17) is 0 Å². The van der Waals surface area contributed by atoms with Crippen molar-refractivity contribution >= 4 is 17.6 Å². The Hall–Kier alpha value is -2.02. The Balaban J connectivity index is 3.08. The number of aromatic nitrogens is 1. The molecule has 0 aliphatic heterocycles. The molecule has 0 amide bonds. The van der Waals surface area contributed by atoms with Crippen molar-refractivity contribution in [3.05, 3.63) is 33.0 Å². The Morgan fingerprint density at radius 3 is 2.70 bits per heavy atom. The van der Waals surface area contributed by atoms with Gasteiger partial charge < -0.3 is 10.2 Å². The van der Waals surface area contributed by atoms with Crippen molar-refractivity contribution in [3.63, 3.8) is 0 Å². The van der Waals surface area contributed by atoms with E-state index in [9.17, 15) is 14.5 Å². The van der Waals surface area contributed by atoms with Crippen molar-refractivity contribution in [2.24, 2.45) is 0 Å². The molecule has 0 unspecified atom stereocenters. The second-order valence-electron chi connectivity index (χ2n) is 5.72. The maximum Gasteiger partial charge on any atom is 0.311 e. The lowest BCUT2D eigenvalue weighted by atomic mass is 10.1. The first kappa shape index (κ1) is 19.0. The van der Waals surface area contributed by atoms with E-state index in [1.807, 2.05) is 31.9 Å². The Kier molecular flexibility index (Phi) is 7.61. The minimum atomic E-state index is -0.432.